The highest BCUT2D eigenvalue weighted by molar-refractivity contribution is 5.91. The van der Waals surface area contributed by atoms with Crippen LogP contribution in [0.15, 0.2) is 18.2 Å². The van der Waals surface area contributed by atoms with Crippen LogP contribution in [-0.2, 0) is 19.6 Å². The molecule has 0 unspecified atom stereocenters. The van der Waals surface area contributed by atoms with E-state index >= 15 is 0 Å². The van der Waals surface area contributed by atoms with Crippen LogP contribution >= 0.6 is 0 Å². The molecule has 0 saturated carbocycles. The molecular weight excluding hydrogens is 441 g/mol. The number of carbonyl (C=O) groups excluding carboxylic acids is 2. The van der Waals surface area contributed by atoms with Gasteiger partial charge in [-0.05, 0) is 69.5 Å². The monoisotopic (exact) mass is 477 g/mol. The number of amides is 2. The summed E-state index contributed by atoms with van der Waals surface area (Å²) in [6.45, 7) is 6.99. The van der Waals surface area contributed by atoms with Crippen molar-refractivity contribution in [2.45, 2.75) is 56.6 Å². The molecule has 34 heavy (non-hydrogen) atoms. The predicted molar refractivity (Wildman–Crippen MR) is 126 cm³/mol. The molecule has 1 aromatic carbocycles. The Labute approximate surface area is 201 Å². The zero-order valence-electron chi connectivity index (χ0n) is 19.8. The molecule has 4 aliphatic heterocycles. The third kappa shape index (κ3) is 4.47. The van der Waals surface area contributed by atoms with E-state index in [9.17, 15) is 14.0 Å². The number of carbonyl (C=O) groups is 2. The van der Waals surface area contributed by atoms with E-state index in [4.69, 9.17) is 14.2 Å². The van der Waals surface area contributed by atoms with Crippen LogP contribution in [0.1, 0.15) is 46.0 Å². The van der Waals surface area contributed by atoms with Gasteiger partial charge in [-0.1, -0.05) is 0 Å². The fourth-order valence-electron chi connectivity index (χ4n) is 5.99. The van der Waals surface area contributed by atoms with Crippen LogP contribution in [0.4, 0.5) is 19.7 Å². The minimum atomic E-state index is -0.367. The van der Waals surface area contributed by atoms with E-state index in [1.807, 2.05) is 6.92 Å². The molecule has 5 rings (SSSR count). The summed E-state index contributed by atoms with van der Waals surface area (Å²) in [4.78, 5) is 31.0. The van der Waals surface area contributed by atoms with Crippen molar-refractivity contribution in [1.82, 2.24) is 9.80 Å². The second-order valence-corrected chi connectivity index (χ2v) is 9.85. The number of rotatable bonds is 3. The fraction of sp³-hybridized carbons (Fsp3) is 0.680. The zero-order valence-corrected chi connectivity index (χ0v) is 19.8. The third-order valence-corrected chi connectivity index (χ3v) is 7.92. The Bertz CT molecular complexity index is 912. The van der Waals surface area contributed by atoms with E-state index in [2.05, 4.69) is 4.90 Å². The van der Waals surface area contributed by atoms with Crippen LogP contribution in [-0.4, -0.2) is 86.7 Å². The van der Waals surface area contributed by atoms with Gasteiger partial charge in [-0.25, -0.2) is 14.0 Å². The van der Waals surface area contributed by atoms with Crippen molar-refractivity contribution >= 4 is 17.9 Å². The number of ether oxygens (including phenoxy) is 3. The van der Waals surface area contributed by atoms with Gasteiger partial charge >= 0.3 is 12.2 Å². The van der Waals surface area contributed by atoms with Crippen LogP contribution in [0.25, 0.3) is 0 Å². The van der Waals surface area contributed by atoms with Crippen molar-refractivity contribution in [3.8, 4) is 0 Å². The Hall–Kier alpha value is -2.39. The first-order valence-electron chi connectivity index (χ1n) is 12.5. The normalized spacial score (nSPS) is 24.9. The standard InChI is InChI=1S/C25H34FN3O5.H2/c1-2-33-23(30)28-10-5-19(6-11-28)27-12-8-25(9-13-27)17-29(22-4-3-18(26)15-21(22)25)24(31)34-20-7-14-32-16-20;/h3-4,15,19-20H,2,5-14,16-17H2,1H3;1H/t20-;/m0./s1. The summed E-state index contributed by atoms with van der Waals surface area (Å²) in [5.41, 5.74) is 1.43. The molecule has 2 amide bonds. The average Bonchev–Trinajstić information content (AvgIpc) is 3.46. The molecule has 4 aliphatic rings. The molecule has 9 heteroatoms. The first-order chi connectivity index (χ1) is 16.5. The number of anilines is 1. The SMILES string of the molecule is CCOC(=O)N1CCC(N2CCC3(CC2)CN(C(=O)O[C@H]2CCOC2)c2ccc(F)cc23)CC1.[HH]. The van der Waals surface area contributed by atoms with Crippen LogP contribution in [0.2, 0.25) is 0 Å². The van der Waals surface area contributed by atoms with E-state index < -0.39 is 0 Å². The van der Waals surface area contributed by atoms with Crippen molar-refractivity contribution in [3.63, 3.8) is 0 Å². The molecule has 8 nitrogen and oxygen atoms in total. The first kappa shape index (κ1) is 23.4. The third-order valence-electron chi connectivity index (χ3n) is 7.92. The lowest BCUT2D eigenvalue weighted by molar-refractivity contribution is 0.0571. The van der Waals surface area contributed by atoms with E-state index in [-0.39, 0.29) is 30.9 Å². The zero-order chi connectivity index (χ0) is 23.7. The number of piperidine rings is 2. The molecule has 1 aromatic rings. The summed E-state index contributed by atoms with van der Waals surface area (Å²) in [7, 11) is 0. The van der Waals surface area contributed by atoms with Crippen molar-refractivity contribution in [3.05, 3.63) is 29.6 Å². The van der Waals surface area contributed by atoms with Crippen LogP contribution in [0.3, 0.4) is 0 Å². The summed E-state index contributed by atoms with van der Waals surface area (Å²) in [5, 5.41) is 0. The molecule has 0 aliphatic carbocycles. The van der Waals surface area contributed by atoms with Gasteiger partial charge in [0, 0.05) is 38.9 Å². The van der Waals surface area contributed by atoms with Crippen molar-refractivity contribution in [1.29, 1.82) is 0 Å². The van der Waals surface area contributed by atoms with E-state index in [0.29, 0.717) is 51.9 Å². The van der Waals surface area contributed by atoms with E-state index in [1.54, 1.807) is 21.9 Å². The van der Waals surface area contributed by atoms with Gasteiger partial charge in [-0.15, -0.1) is 0 Å². The van der Waals surface area contributed by atoms with Crippen LogP contribution < -0.4 is 4.90 Å². The molecule has 0 N–H and O–H groups in total. The molecule has 3 fully saturated rings. The van der Waals surface area contributed by atoms with Gasteiger partial charge in [-0.2, -0.15) is 0 Å². The van der Waals surface area contributed by atoms with Crippen LogP contribution in [0, 0.1) is 5.82 Å². The van der Waals surface area contributed by atoms with E-state index in [1.165, 1.54) is 6.07 Å². The lowest BCUT2D eigenvalue weighted by atomic mass is 9.74. The average molecular weight is 478 g/mol. The molecular formula is C25H36FN3O5. The van der Waals surface area contributed by atoms with Crippen molar-refractivity contribution < 1.29 is 29.6 Å². The van der Waals surface area contributed by atoms with Gasteiger partial charge in [0.2, 0.25) is 0 Å². The smallest absolute Gasteiger partial charge is 0.414 e. The number of halogens is 1. The van der Waals surface area contributed by atoms with E-state index in [0.717, 1.165) is 50.0 Å². The number of benzene rings is 1. The number of hydrogen-bond donors (Lipinski definition) is 0. The molecule has 1 spiro atoms. The summed E-state index contributed by atoms with van der Waals surface area (Å²) in [6.07, 6.45) is 3.49. The predicted octanol–water partition coefficient (Wildman–Crippen LogP) is 3.77. The second kappa shape index (κ2) is 9.70. The van der Waals surface area contributed by atoms with Crippen LogP contribution in [0.5, 0.6) is 0 Å². The Balaban J connectivity index is 0.00000289. The van der Waals surface area contributed by atoms with Gasteiger partial charge in [0.1, 0.15) is 11.9 Å². The number of nitrogens with zero attached hydrogens (tertiary/aromatic N) is 3. The fourth-order valence-corrected chi connectivity index (χ4v) is 5.99. The lowest BCUT2D eigenvalue weighted by Gasteiger charge is -2.45. The Morgan fingerprint density at radius 3 is 2.59 bits per heavy atom. The Morgan fingerprint density at radius 2 is 1.91 bits per heavy atom. The molecule has 0 radical (unpaired) electrons. The maximum atomic E-state index is 14.3. The summed E-state index contributed by atoms with van der Waals surface area (Å²) < 4.78 is 30.4. The molecule has 3 saturated heterocycles. The summed E-state index contributed by atoms with van der Waals surface area (Å²) in [5.74, 6) is -0.272. The molecule has 188 valence electrons. The summed E-state index contributed by atoms with van der Waals surface area (Å²) >= 11 is 0. The van der Waals surface area contributed by atoms with Gasteiger partial charge in [0.05, 0.1) is 25.5 Å². The number of fused-ring (bicyclic) bond motifs is 2. The number of hydrogen-bond acceptors (Lipinski definition) is 6. The highest BCUT2D eigenvalue weighted by atomic mass is 19.1. The molecule has 4 heterocycles. The van der Waals surface area contributed by atoms with Gasteiger partial charge in [0.25, 0.3) is 0 Å². The Morgan fingerprint density at radius 1 is 1.15 bits per heavy atom. The Kier molecular flexibility index (Phi) is 6.66. The van der Waals surface area contributed by atoms with Gasteiger partial charge < -0.3 is 24.0 Å². The quantitative estimate of drug-likeness (QED) is 0.660. The van der Waals surface area contributed by atoms with Crippen molar-refractivity contribution in [2.75, 3.05) is 57.4 Å². The molecule has 0 aromatic heterocycles. The highest BCUT2D eigenvalue weighted by Crippen LogP contribution is 2.48. The minimum absolute atomic E-state index is 0. The highest BCUT2D eigenvalue weighted by Gasteiger charge is 2.48. The molecule has 0 bridgehead atoms. The minimum Gasteiger partial charge on any atom is -0.450 e. The number of likely N-dealkylation sites (tertiary alicyclic amines) is 2. The maximum Gasteiger partial charge on any atom is 0.414 e. The summed E-state index contributed by atoms with van der Waals surface area (Å²) in [6, 6.07) is 5.17. The van der Waals surface area contributed by atoms with Gasteiger partial charge in [0.15, 0.2) is 0 Å². The van der Waals surface area contributed by atoms with Crippen molar-refractivity contribution in [2.24, 2.45) is 0 Å². The lowest BCUT2D eigenvalue weighted by Crippen LogP contribution is -2.52. The topological polar surface area (TPSA) is 71.6 Å². The first-order valence-corrected chi connectivity index (χ1v) is 12.5. The second-order valence-electron chi connectivity index (χ2n) is 9.85. The largest absolute Gasteiger partial charge is 0.450 e. The van der Waals surface area contributed by atoms with Gasteiger partial charge in [-0.3, -0.25) is 4.90 Å². The maximum absolute atomic E-state index is 14.3. The molecule has 1 atom stereocenters.